The number of unbranched alkanes of at least 4 members (excludes halogenated alkanes) is 2. The molecule has 0 unspecified atom stereocenters. The van der Waals surface area contributed by atoms with Gasteiger partial charge < -0.3 is 9.47 Å². The van der Waals surface area contributed by atoms with E-state index >= 15 is 0 Å². The van der Waals surface area contributed by atoms with Crippen molar-refractivity contribution in [3.63, 3.8) is 0 Å². The van der Waals surface area contributed by atoms with Gasteiger partial charge in [-0.15, -0.1) is 0 Å². The number of aromatic nitrogens is 1. The predicted molar refractivity (Wildman–Crippen MR) is 359 cm³/mol. The maximum absolute atomic E-state index is 2.53. The summed E-state index contributed by atoms with van der Waals surface area (Å²) in [5.41, 5.74) is 26.5. The molecule has 1 aromatic heterocycles. The largest absolute Gasteiger partial charge is 0.310 e. The van der Waals surface area contributed by atoms with Gasteiger partial charge >= 0.3 is 0 Å². The summed E-state index contributed by atoms with van der Waals surface area (Å²) in [5.74, 6) is 0.678. The lowest BCUT2D eigenvalue weighted by atomic mass is 9.67. The van der Waals surface area contributed by atoms with Crippen LogP contribution in [0.5, 0.6) is 0 Å². The van der Waals surface area contributed by atoms with Crippen molar-refractivity contribution in [2.75, 3.05) is 4.90 Å². The zero-order chi connectivity index (χ0) is 56.7. The molecule has 1 saturated carbocycles. The quantitative estimate of drug-likeness (QED) is 0.0929. The Kier molecular flexibility index (Phi) is 13.7. The molecule has 0 aliphatic heterocycles. The first-order chi connectivity index (χ1) is 42.1. The van der Waals surface area contributed by atoms with Crippen LogP contribution in [0.4, 0.5) is 17.1 Å². The van der Waals surface area contributed by atoms with E-state index in [1.165, 1.54) is 150 Å². The zero-order valence-corrected chi connectivity index (χ0v) is 48.3. The van der Waals surface area contributed by atoms with Crippen molar-refractivity contribution >= 4 is 38.9 Å². The molecule has 0 saturated heterocycles. The third-order valence-corrected chi connectivity index (χ3v) is 18.7. The molecule has 1 heterocycles. The Morgan fingerprint density at radius 1 is 0.388 bits per heavy atom. The summed E-state index contributed by atoms with van der Waals surface area (Å²) in [6.07, 6.45) is 10.2. The molecule has 410 valence electrons. The standard InChI is InChI=1S/C83H68N2/c1-2-3-8-21-58-34-51-81-76(54-58)77-56-67(60-24-17-18-25-60)44-53-82(77)85(81)71-47-41-64(42-48-71)62-37-35-61(36-38-62)63-39-45-70(46-40-63)84(80-52-43-66(59-22-9-4-10-23-59)55-75(80)65-26-11-5-12-27-65)72-49-50-74-73-32-19-20-33-78(73)83(79(74)57-72,68-28-13-6-14-29-68)69-30-15-7-16-31-69/h4-7,9-16,19-20,22-23,26-57,60H,2-3,8,17-18,21,24-25H2,1H3. The van der Waals surface area contributed by atoms with E-state index in [-0.39, 0.29) is 0 Å². The molecule has 12 aromatic carbocycles. The van der Waals surface area contributed by atoms with Gasteiger partial charge in [-0.1, -0.05) is 251 Å². The number of aryl methyl sites for hydroxylation is 1. The molecule has 0 amide bonds. The number of rotatable bonds is 15. The normalized spacial score (nSPS) is 13.5. The van der Waals surface area contributed by atoms with Crippen molar-refractivity contribution < 1.29 is 0 Å². The average molecular weight is 1090 g/mol. The molecule has 0 spiro atoms. The molecule has 1 fully saturated rings. The first-order valence-electron chi connectivity index (χ1n) is 30.9. The molecular formula is C83H68N2. The number of nitrogens with zero attached hydrogens (tertiary/aromatic N) is 2. The van der Waals surface area contributed by atoms with Crippen LogP contribution in [0, 0.1) is 0 Å². The molecule has 2 heteroatoms. The van der Waals surface area contributed by atoms with E-state index in [9.17, 15) is 0 Å². The monoisotopic (exact) mass is 1090 g/mol. The highest BCUT2D eigenvalue weighted by atomic mass is 15.1. The summed E-state index contributed by atoms with van der Waals surface area (Å²) in [6, 6.07) is 109. The highest BCUT2D eigenvalue weighted by Gasteiger charge is 2.46. The summed E-state index contributed by atoms with van der Waals surface area (Å²) < 4.78 is 2.49. The first kappa shape index (κ1) is 52.1. The lowest BCUT2D eigenvalue weighted by molar-refractivity contribution is 0.718. The highest BCUT2D eigenvalue weighted by Crippen LogP contribution is 2.58. The molecule has 0 atom stereocenters. The molecule has 2 nitrogen and oxygen atoms in total. The summed E-state index contributed by atoms with van der Waals surface area (Å²) in [5, 5.41) is 2.76. The van der Waals surface area contributed by atoms with Crippen molar-refractivity contribution in [2.45, 2.75) is 69.6 Å². The van der Waals surface area contributed by atoms with Crippen molar-refractivity contribution in [1.29, 1.82) is 0 Å². The topological polar surface area (TPSA) is 8.17 Å². The van der Waals surface area contributed by atoms with Gasteiger partial charge in [0.15, 0.2) is 0 Å². The molecule has 0 N–H and O–H groups in total. The van der Waals surface area contributed by atoms with Crippen LogP contribution in [0.1, 0.15) is 91.2 Å². The summed E-state index contributed by atoms with van der Waals surface area (Å²) >= 11 is 0. The van der Waals surface area contributed by atoms with Crippen LogP contribution in [-0.4, -0.2) is 4.57 Å². The van der Waals surface area contributed by atoms with E-state index in [1.54, 1.807) is 0 Å². The van der Waals surface area contributed by atoms with E-state index in [4.69, 9.17) is 0 Å². The van der Waals surface area contributed by atoms with Crippen molar-refractivity contribution in [3.8, 4) is 61.3 Å². The Morgan fingerprint density at radius 3 is 1.55 bits per heavy atom. The number of hydrogen-bond donors (Lipinski definition) is 0. The van der Waals surface area contributed by atoms with Gasteiger partial charge in [0.25, 0.3) is 0 Å². The Labute approximate surface area is 501 Å². The molecule has 0 radical (unpaired) electrons. The second-order valence-corrected chi connectivity index (χ2v) is 23.6. The van der Waals surface area contributed by atoms with Crippen LogP contribution in [0.25, 0.3) is 83.1 Å². The van der Waals surface area contributed by atoms with Gasteiger partial charge in [0, 0.05) is 33.4 Å². The predicted octanol–water partition coefficient (Wildman–Crippen LogP) is 22.7. The van der Waals surface area contributed by atoms with Gasteiger partial charge in [-0.3, -0.25) is 0 Å². The maximum atomic E-state index is 2.53. The molecule has 85 heavy (non-hydrogen) atoms. The molecule has 0 bridgehead atoms. The van der Waals surface area contributed by atoms with E-state index in [2.05, 4.69) is 308 Å². The smallest absolute Gasteiger partial charge is 0.0714 e. The Morgan fingerprint density at radius 2 is 0.906 bits per heavy atom. The summed E-state index contributed by atoms with van der Waals surface area (Å²) in [4.78, 5) is 2.48. The Bertz CT molecular complexity index is 4460. The Balaban J connectivity index is 0.799. The van der Waals surface area contributed by atoms with Gasteiger partial charge in [-0.2, -0.15) is 0 Å². The van der Waals surface area contributed by atoms with Crippen LogP contribution in [0.3, 0.4) is 0 Å². The first-order valence-corrected chi connectivity index (χ1v) is 30.9. The molecule has 2 aliphatic carbocycles. The van der Waals surface area contributed by atoms with E-state index in [0.29, 0.717) is 5.92 Å². The average Bonchev–Trinajstić information content (AvgIpc) is 1.77. The SMILES string of the molecule is CCCCCc1ccc2c(c1)c1cc(C3CCCC3)ccc1n2-c1ccc(-c2ccc(-c3ccc(N(c4ccc5c(c4)C(c4ccccc4)(c4ccccc4)c4ccccc4-5)c4ccc(-c5ccccc5)cc4-c4ccccc4)cc3)cc2)cc1. The summed E-state index contributed by atoms with van der Waals surface area (Å²) in [6.45, 7) is 2.29. The van der Waals surface area contributed by atoms with E-state index in [1.807, 2.05) is 0 Å². The second-order valence-electron chi connectivity index (χ2n) is 23.6. The molecule has 15 rings (SSSR count). The van der Waals surface area contributed by atoms with Gasteiger partial charge in [-0.25, -0.2) is 0 Å². The lowest BCUT2D eigenvalue weighted by Crippen LogP contribution is -2.28. The number of fused-ring (bicyclic) bond motifs is 6. The molecule has 13 aromatic rings. The van der Waals surface area contributed by atoms with E-state index < -0.39 is 5.41 Å². The fourth-order valence-electron chi connectivity index (χ4n) is 14.5. The minimum atomic E-state index is -0.545. The maximum Gasteiger partial charge on any atom is 0.0714 e. The van der Waals surface area contributed by atoms with Gasteiger partial charge in [0.2, 0.25) is 0 Å². The highest BCUT2D eigenvalue weighted by molar-refractivity contribution is 6.10. The number of benzene rings is 12. The Hall–Kier alpha value is -9.76. The van der Waals surface area contributed by atoms with Crippen molar-refractivity contribution in [3.05, 3.63) is 325 Å². The van der Waals surface area contributed by atoms with Crippen LogP contribution >= 0.6 is 0 Å². The van der Waals surface area contributed by atoms with Crippen LogP contribution < -0.4 is 4.90 Å². The summed E-state index contributed by atoms with van der Waals surface area (Å²) in [7, 11) is 0. The van der Waals surface area contributed by atoms with Crippen molar-refractivity contribution in [1.82, 2.24) is 4.57 Å². The zero-order valence-electron chi connectivity index (χ0n) is 48.3. The third kappa shape index (κ3) is 9.38. The van der Waals surface area contributed by atoms with E-state index in [0.717, 1.165) is 34.6 Å². The van der Waals surface area contributed by atoms with Gasteiger partial charge in [0.05, 0.1) is 22.1 Å². The number of anilines is 3. The minimum absolute atomic E-state index is 0.545. The lowest BCUT2D eigenvalue weighted by Gasteiger charge is -2.35. The second kappa shape index (κ2) is 22.4. The van der Waals surface area contributed by atoms with Gasteiger partial charge in [-0.05, 0) is 188 Å². The third-order valence-electron chi connectivity index (χ3n) is 18.7. The molecular weight excluding hydrogens is 1020 g/mol. The van der Waals surface area contributed by atoms with Crippen molar-refractivity contribution in [2.24, 2.45) is 0 Å². The van der Waals surface area contributed by atoms with Gasteiger partial charge in [0.1, 0.15) is 0 Å². The van der Waals surface area contributed by atoms with Crippen LogP contribution in [-0.2, 0) is 11.8 Å². The fourth-order valence-corrected chi connectivity index (χ4v) is 14.5. The number of hydrogen-bond acceptors (Lipinski definition) is 1. The minimum Gasteiger partial charge on any atom is -0.310 e. The fraction of sp³-hybridized carbons (Fsp3) is 0.133. The van der Waals surface area contributed by atoms with Crippen LogP contribution in [0.2, 0.25) is 0 Å². The van der Waals surface area contributed by atoms with Crippen LogP contribution in [0.15, 0.2) is 291 Å². The molecule has 2 aliphatic rings.